The van der Waals surface area contributed by atoms with Gasteiger partial charge in [-0.3, -0.25) is 10.0 Å². The van der Waals surface area contributed by atoms with Crippen molar-refractivity contribution >= 4 is 5.91 Å². The molecular weight excluding hydrogens is 230 g/mol. The van der Waals surface area contributed by atoms with Crippen molar-refractivity contribution in [1.82, 2.24) is 5.06 Å². The van der Waals surface area contributed by atoms with Crippen LogP contribution in [-0.4, -0.2) is 22.8 Å². The van der Waals surface area contributed by atoms with Gasteiger partial charge in [0.2, 0.25) is 5.91 Å². The number of carbonyl (C=O) groups excluding carboxylic acids is 1. The van der Waals surface area contributed by atoms with Gasteiger partial charge in [0, 0.05) is 6.92 Å². The summed E-state index contributed by atoms with van der Waals surface area (Å²) >= 11 is 0. The Labute approximate surface area is 108 Å². The maximum Gasteiger partial charge on any atom is 0.243 e. The van der Waals surface area contributed by atoms with E-state index in [0.717, 1.165) is 29.2 Å². The van der Waals surface area contributed by atoms with Gasteiger partial charge in [-0.15, -0.1) is 0 Å². The van der Waals surface area contributed by atoms with E-state index in [2.05, 4.69) is 6.92 Å². The van der Waals surface area contributed by atoms with Crippen LogP contribution in [0.5, 0.6) is 5.75 Å². The molecular formula is C14H21NO3. The Morgan fingerprint density at radius 3 is 2.50 bits per heavy atom. The smallest absolute Gasteiger partial charge is 0.243 e. The second-order valence-corrected chi connectivity index (χ2v) is 4.31. The van der Waals surface area contributed by atoms with Crippen LogP contribution in [0.4, 0.5) is 0 Å². The number of hydroxylamine groups is 2. The van der Waals surface area contributed by atoms with Crippen LogP contribution in [0.3, 0.4) is 0 Å². The lowest BCUT2D eigenvalue weighted by molar-refractivity contribution is -0.172. The van der Waals surface area contributed by atoms with Crippen molar-refractivity contribution in [2.45, 2.75) is 39.7 Å². The number of nitrogens with zero attached hydrogens (tertiary/aromatic N) is 1. The highest BCUT2D eigenvalue weighted by molar-refractivity contribution is 5.72. The summed E-state index contributed by atoms with van der Waals surface area (Å²) < 4.78 is 5.55. The average molecular weight is 251 g/mol. The summed E-state index contributed by atoms with van der Waals surface area (Å²) in [5, 5.41) is 10.3. The Bertz CT molecular complexity index is 375. The molecule has 0 heterocycles. The molecule has 4 nitrogen and oxygen atoms in total. The van der Waals surface area contributed by atoms with Crippen LogP contribution in [0, 0.1) is 0 Å². The fourth-order valence-electron chi connectivity index (χ4n) is 1.59. The molecule has 1 amide bonds. The first-order chi connectivity index (χ1) is 8.56. The lowest BCUT2D eigenvalue weighted by Gasteiger charge is -2.21. The molecule has 0 fully saturated rings. The number of hydrogen-bond donors (Lipinski definition) is 1. The third kappa shape index (κ3) is 4.04. The van der Waals surface area contributed by atoms with E-state index in [1.165, 1.54) is 6.92 Å². The van der Waals surface area contributed by atoms with Crippen molar-refractivity contribution in [1.29, 1.82) is 0 Å². The number of ether oxygens (including phenoxy) is 1. The first kappa shape index (κ1) is 14.5. The van der Waals surface area contributed by atoms with Crippen LogP contribution in [-0.2, 0) is 4.79 Å². The first-order valence-electron chi connectivity index (χ1n) is 6.27. The zero-order valence-electron chi connectivity index (χ0n) is 11.2. The molecule has 0 spiro atoms. The van der Waals surface area contributed by atoms with Gasteiger partial charge in [0.15, 0.2) is 0 Å². The molecule has 18 heavy (non-hydrogen) atoms. The lowest BCUT2D eigenvalue weighted by Crippen LogP contribution is -2.27. The number of hydrogen-bond acceptors (Lipinski definition) is 3. The topological polar surface area (TPSA) is 49.8 Å². The minimum absolute atomic E-state index is 0.354. The van der Waals surface area contributed by atoms with Crippen molar-refractivity contribution in [2.24, 2.45) is 0 Å². The second-order valence-electron chi connectivity index (χ2n) is 4.31. The standard InChI is InChI=1S/C14H21NO3/c1-4-5-10-18-14-8-6-13(7-9-14)11(2)15(17)12(3)16/h6-9,11,17H,4-5,10H2,1-3H3/t11-/m0/s1. The van der Waals surface area contributed by atoms with E-state index in [1.54, 1.807) is 6.92 Å². The molecule has 0 saturated heterocycles. The van der Waals surface area contributed by atoms with Gasteiger partial charge in [0.1, 0.15) is 5.75 Å². The van der Waals surface area contributed by atoms with Crippen molar-refractivity contribution < 1.29 is 14.7 Å². The molecule has 0 radical (unpaired) electrons. The molecule has 100 valence electrons. The summed E-state index contributed by atoms with van der Waals surface area (Å²) in [4.78, 5) is 11.1. The van der Waals surface area contributed by atoms with E-state index >= 15 is 0 Å². The number of rotatable bonds is 6. The third-order valence-electron chi connectivity index (χ3n) is 2.82. The third-order valence-corrected chi connectivity index (χ3v) is 2.82. The van der Waals surface area contributed by atoms with Crippen molar-refractivity contribution in [3.8, 4) is 5.75 Å². The average Bonchev–Trinajstić information content (AvgIpc) is 2.38. The second kappa shape index (κ2) is 7.01. The molecule has 1 aromatic carbocycles. The van der Waals surface area contributed by atoms with E-state index < -0.39 is 0 Å². The van der Waals surface area contributed by atoms with Crippen LogP contribution >= 0.6 is 0 Å². The van der Waals surface area contributed by atoms with Crippen molar-refractivity contribution in [2.75, 3.05) is 6.61 Å². The molecule has 1 N–H and O–H groups in total. The van der Waals surface area contributed by atoms with E-state index in [0.29, 0.717) is 6.61 Å². The maximum absolute atomic E-state index is 11.1. The van der Waals surface area contributed by atoms with Gasteiger partial charge in [-0.25, -0.2) is 5.06 Å². The molecule has 1 atom stereocenters. The van der Waals surface area contributed by atoms with Gasteiger partial charge in [-0.1, -0.05) is 25.5 Å². The molecule has 0 aliphatic heterocycles. The predicted molar refractivity (Wildman–Crippen MR) is 69.6 cm³/mol. The number of amides is 1. The Kier molecular flexibility index (Phi) is 5.65. The van der Waals surface area contributed by atoms with E-state index in [9.17, 15) is 10.0 Å². The summed E-state index contributed by atoms with van der Waals surface area (Å²) in [7, 11) is 0. The summed E-state index contributed by atoms with van der Waals surface area (Å²) in [5.41, 5.74) is 0.871. The molecule has 1 aromatic rings. The summed E-state index contributed by atoms with van der Waals surface area (Å²) in [6, 6.07) is 7.08. The largest absolute Gasteiger partial charge is 0.494 e. The van der Waals surface area contributed by atoms with E-state index in [1.807, 2.05) is 24.3 Å². The van der Waals surface area contributed by atoms with Gasteiger partial charge in [0.05, 0.1) is 12.6 Å². The van der Waals surface area contributed by atoms with Crippen molar-refractivity contribution in [3.05, 3.63) is 29.8 Å². The van der Waals surface area contributed by atoms with E-state index in [4.69, 9.17) is 4.74 Å². The Morgan fingerprint density at radius 1 is 1.39 bits per heavy atom. The highest BCUT2D eigenvalue weighted by Crippen LogP contribution is 2.21. The molecule has 0 saturated carbocycles. The van der Waals surface area contributed by atoms with Crippen LogP contribution in [0.1, 0.15) is 45.2 Å². The van der Waals surface area contributed by atoms with Gasteiger partial charge in [-0.2, -0.15) is 0 Å². The highest BCUT2D eigenvalue weighted by atomic mass is 16.5. The molecule has 0 aliphatic rings. The molecule has 0 aliphatic carbocycles. The zero-order chi connectivity index (χ0) is 13.5. The molecule has 0 aromatic heterocycles. The minimum atomic E-state index is -0.370. The molecule has 0 bridgehead atoms. The zero-order valence-corrected chi connectivity index (χ0v) is 11.2. The number of unbranched alkanes of at least 4 members (excludes halogenated alkanes) is 1. The molecule has 0 unspecified atom stereocenters. The Morgan fingerprint density at radius 2 is 2.00 bits per heavy atom. The Hall–Kier alpha value is -1.55. The minimum Gasteiger partial charge on any atom is -0.494 e. The van der Waals surface area contributed by atoms with Gasteiger partial charge >= 0.3 is 0 Å². The maximum atomic E-state index is 11.1. The van der Waals surface area contributed by atoms with Gasteiger partial charge in [-0.05, 0) is 31.0 Å². The Balaban J connectivity index is 2.61. The van der Waals surface area contributed by atoms with Gasteiger partial charge < -0.3 is 4.74 Å². The lowest BCUT2D eigenvalue weighted by atomic mass is 10.1. The van der Waals surface area contributed by atoms with Crippen LogP contribution in [0.15, 0.2) is 24.3 Å². The molecule has 1 rings (SSSR count). The first-order valence-corrected chi connectivity index (χ1v) is 6.27. The fraction of sp³-hybridized carbons (Fsp3) is 0.500. The van der Waals surface area contributed by atoms with Crippen LogP contribution < -0.4 is 4.74 Å². The summed E-state index contributed by atoms with van der Waals surface area (Å²) in [6.07, 6.45) is 2.14. The quantitative estimate of drug-likeness (QED) is 0.480. The highest BCUT2D eigenvalue weighted by Gasteiger charge is 2.15. The van der Waals surface area contributed by atoms with E-state index in [-0.39, 0.29) is 11.9 Å². The van der Waals surface area contributed by atoms with Gasteiger partial charge in [0.25, 0.3) is 0 Å². The summed E-state index contributed by atoms with van der Waals surface area (Å²) in [5.74, 6) is 0.442. The fourth-order valence-corrected chi connectivity index (χ4v) is 1.59. The molecule has 4 heteroatoms. The van der Waals surface area contributed by atoms with Crippen molar-refractivity contribution in [3.63, 3.8) is 0 Å². The normalized spacial score (nSPS) is 12.0. The SMILES string of the molecule is CCCCOc1ccc([C@H](C)N(O)C(C)=O)cc1. The predicted octanol–water partition coefficient (Wildman–Crippen LogP) is 3.16. The van der Waals surface area contributed by atoms with Crippen LogP contribution in [0.2, 0.25) is 0 Å². The number of benzene rings is 1. The number of carbonyl (C=O) groups is 1. The monoisotopic (exact) mass is 251 g/mol. The summed E-state index contributed by atoms with van der Waals surface area (Å²) in [6.45, 7) is 5.93. The van der Waals surface area contributed by atoms with Crippen LogP contribution in [0.25, 0.3) is 0 Å².